The quantitative estimate of drug-likeness (QED) is 0.0792. The van der Waals surface area contributed by atoms with Crippen LogP contribution in [0.25, 0.3) is 0 Å². The summed E-state index contributed by atoms with van der Waals surface area (Å²) in [4.78, 5) is 26.8. The SMILES string of the molecule is CCCCCCCCCC[C@H](CCCCCCCCC(=O)OCCCCCC)COC(=O)C1CCN(C)CC1. The van der Waals surface area contributed by atoms with E-state index in [2.05, 4.69) is 25.8 Å². The van der Waals surface area contributed by atoms with Gasteiger partial charge >= 0.3 is 11.9 Å². The summed E-state index contributed by atoms with van der Waals surface area (Å²) in [5, 5.41) is 0. The maximum atomic E-state index is 12.7. The zero-order valence-corrected chi connectivity index (χ0v) is 26.3. The minimum Gasteiger partial charge on any atom is -0.466 e. The van der Waals surface area contributed by atoms with Crippen molar-refractivity contribution >= 4 is 11.9 Å². The molecule has 0 spiro atoms. The van der Waals surface area contributed by atoms with Gasteiger partial charge in [0.25, 0.3) is 0 Å². The van der Waals surface area contributed by atoms with Crippen LogP contribution in [-0.2, 0) is 19.1 Å². The maximum Gasteiger partial charge on any atom is 0.309 e. The number of carbonyl (C=O) groups excluding carboxylic acids is 2. The van der Waals surface area contributed by atoms with Gasteiger partial charge in [-0.3, -0.25) is 9.59 Å². The number of hydrogen-bond donors (Lipinski definition) is 0. The van der Waals surface area contributed by atoms with Gasteiger partial charge in [-0.05, 0) is 64.6 Å². The molecule has 1 fully saturated rings. The van der Waals surface area contributed by atoms with Crippen molar-refractivity contribution in [3.63, 3.8) is 0 Å². The normalized spacial score (nSPS) is 15.4. The summed E-state index contributed by atoms with van der Waals surface area (Å²) in [6, 6.07) is 0. The van der Waals surface area contributed by atoms with Gasteiger partial charge in [-0.2, -0.15) is 0 Å². The van der Waals surface area contributed by atoms with Crippen molar-refractivity contribution in [2.24, 2.45) is 11.8 Å². The van der Waals surface area contributed by atoms with Gasteiger partial charge in [0.15, 0.2) is 0 Å². The topological polar surface area (TPSA) is 55.8 Å². The lowest BCUT2D eigenvalue weighted by Gasteiger charge is -2.28. The van der Waals surface area contributed by atoms with Gasteiger partial charge in [-0.1, -0.05) is 117 Å². The third-order valence-electron chi connectivity index (χ3n) is 8.48. The fraction of sp³-hybridized carbons (Fsp3) is 0.941. The zero-order chi connectivity index (χ0) is 28.4. The molecule has 5 heteroatoms. The molecule has 1 saturated heterocycles. The van der Waals surface area contributed by atoms with E-state index in [4.69, 9.17) is 9.47 Å². The molecule has 0 saturated carbocycles. The molecule has 0 aliphatic carbocycles. The molecule has 1 aliphatic rings. The first-order chi connectivity index (χ1) is 19.1. The van der Waals surface area contributed by atoms with Crippen LogP contribution in [0, 0.1) is 11.8 Å². The van der Waals surface area contributed by atoms with Crippen LogP contribution in [0.1, 0.15) is 162 Å². The van der Waals surface area contributed by atoms with Gasteiger partial charge < -0.3 is 14.4 Å². The molecule has 0 aromatic heterocycles. The highest BCUT2D eigenvalue weighted by molar-refractivity contribution is 5.72. The van der Waals surface area contributed by atoms with E-state index in [1.165, 1.54) is 103 Å². The zero-order valence-electron chi connectivity index (χ0n) is 26.3. The van der Waals surface area contributed by atoms with E-state index in [0.29, 0.717) is 25.6 Å². The highest BCUT2D eigenvalue weighted by atomic mass is 16.5. The first-order valence-corrected chi connectivity index (χ1v) is 17.1. The van der Waals surface area contributed by atoms with Crippen molar-refractivity contribution in [2.45, 2.75) is 162 Å². The maximum absolute atomic E-state index is 12.7. The molecule has 1 rings (SSSR count). The van der Waals surface area contributed by atoms with Gasteiger partial charge in [0.1, 0.15) is 0 Å². The number of ether oxygens (including phenoxy) is 2. The lowest BCUT2D eigenvalue weighted by atomic mass is 9.94. The molecule has 0 N–H and O–H groups in total. The number of carbonyl (C=O) groups is 2. The Kier molecular flexibility index (Phi) is 23.8. The number of piperidine rings is 1. The smallest absolute Gasteiger partial charge is 0.309 e. The number of nitrogens with zero attached hydrogens (tertiary/aromatic N) is 1. The average Bonchev–Trinajstić information content (AvgIpc) is 2.94. The number of rotatable bonds is 26. The van der Waals surface area contributed by atoms with Gasteiger partial charge in [0, 0.05) is 6.42 Å². The summed E-state index contributed by atoms with van der Waals surface area (Å²) in [5.41, 5.74) is 0. The Morgan fingerprint density at radius 3 is 1.72 bits per heavy atom. The third kappa shape index (κ3) is 21.3. The van der Waals surface area contributed by atoms with Crippen LogP contribution in [0.4, 0.5) is 0 Å². The Hall–Kier alpha value is -1.10. The highest BCUT2D eigenvalue weighted by Crippen LogP contribution is 2.22. The molecule has 230 valence electrons. The van der Waals surface area contributed by atoms with Crippen molar-refractivity contribution in [1.82, 2.24) is 4.90 Å². The number of hydrogen-bond acceptors (Lipinski definition) is 5. The lowest BCUT2D eigenvalue weighted by Crippen LogP contribution is -2.34. The second kappa shape index (κ2) is 25.8. The van der Waals surface area contributed by atoms with Crippen molar-refractivity contribution in [2.75, 3.05) is 33.4 Å². The fourth-order valence-electron chi connectivity index (χ4n) is 5.64. The first-order valence-electron chi connectivity index (χ1n) is 17.1. The van der Waals surface area contributed by atoms with Crippen molar-refractivity contribution in [1.29, 1.82) is 0 Å². The average molecular weight is 552 g/mol. The second-order valence-corrected chi connectivity index (χ2v) is 12.3. The largest absolute Gasteiger partial charge is 0.466 e. The predicted molar refractivity (Wildman–Crippen MR) is 164 cm³/mol. The number of unbranched alkanes of at least 4 members (excludes halogenated alkanes) is 15. The van der Waals surface area contributed by atoms with E-state index in [1.807, 2.05) is 0 Å². The minimum atomic E-state index is -0.0231. The molecule has 1 atom stereocenters. The van der Waals surface area contributed by atoms with E-state index in [0.717, 1.165) is 51.6 Å². The number of likely N-dealkylation sites (tertiary alicyclic amines) is 1. The van der Waals surface area contributed by atoms with Crippen LogP contribution >= 0.6 is 0 Å². The van der Waals surface area contributed by atoms with E-state index in [1.54, 1.807) is 0 Å². The van der Waals surface area contributed by atoms with Gasteiger partial charge in [-0.15, -0.1) is 0 Å². The second-order valence-electron chi connectivity index (χ2n) is 12.3. The standard InChI is InChI=1S/C34H65NO4/c1-4-6-8-10-11-12-15-18-22-31(30-39-34(37)32-25-27-35(3)28-26-32)23-19-16-13-14-17-20-24-33(36)38-29-21-9-7-5-2/h31-32H,4-30H2,1-3H3/t31-/m1/s1. The van der Waals surface area contributed by atoms with Gasteiger partial charge in [0.2, 0.25) is 0 Å². The molecule has 0 bridgehead atoms. The Bertz CT molecular complexity index is 574. The Morgan fingerprint density at radius 1 is 0.667 bits per heavy atom. The molecule has 1 heterocycles. The van der Waals surface area contributed by atoms with E-state index < -0.39 is 0 Å². The van der Waals surface area contributed by atoms with E-state index >= 15 is 0 Å². The molecule has 39 heavy (non-hydrogen) atoms. The van der Waals surface area contributed by atoms with Crippen LogP contribution in [0.2, 0.25) is 0 Å². The van der Waals surface area contributed by atoms with Gasteiger partial charge in [0.05, 0.1) is 19.1 Å². The van der Waals surface area contributed by atoms with Gasteiger partial charge in [-0.25, -0.2) is 0 Å². The molecule has 0 unspecified atom stereocenters. The summed E-state index contributed by atoms with van der Waals surface area (Å²) in [6.07, 6.45) is 27.1. The molecule has 0 radical (unpaired) electrons. The summed E-state index contributed by atoms with van der Waals surface area (Å²) in [7, 11) is 2.13. The summed E-state index contributed by atoms with van der Waals surface area (Å²) < 4.78 is 11.2. The van der Waals surface area contributed by atoms with Crippen LogP contribution < -0.4 is 0 Å². The Balaban J connectivity index is 2.18. The van der Waals surface area contributed by atoms with Crippen LogP contribution in [0.5, 0.6) is 0 Å². The molecule has 0 amide bonds. The first kappa shape index (κ1) is 35.9. The van der Waals surface area contributed by atoms with E-state index in [9.17, 15) is 9.59 Å². The lowest BCUT2D eigenvalue weighted by molar-refractivity contribution is -0.151. The third-order valence-corrected chi connectivity index (χ3v) is 8.48. The van der Waals surface area contributed by atoms with Crippen LogP contribution in [-0.4, -0.2) is 50.2 Å². The molecule has 1 aliphatic heterocycles. The minimum absolute atomic E-state index is 0.0231. The molecule has 0 aromatic rings. The Labute approximate surface area is 242 Å². The van der Waals surface area contributed by atoms with Crippen molar-refractivity contribution in [3.05, 3.63) is 0 Å². The Morgan fingerprint density at radius 2 is 1.15 bits per heavy atom. The monoisotopic (exact) mass is 551 g/mol. The van der Waals surface area contributed by atoms with Crippen molar-refractivity contribution in [3.8, 4) is 0 Å². The molecular weight excluding hydrogens is 486 g/mol. The van der Waals surface area contributed by atoms with Crippen LogP contribution in [0.15, 0.2) is 0 Å². The molecular formula is C34H65NO4. The summed E-state index contributed by atoms with van der Waals surface area (Å²) >= 11 is 0. The van der Waals surface area contributed by atoms with E-state index in [-0.39, 0.29) is 17.9 Å². The van der Waals surface area contributed by atoms with Crippen molar-refractivity contribution < 1.29 is 19.1 Å². The summed E-state index contributed by atoms with van der Waals surface area (Å²) in [5.74, 6) is 0.629. The number of esters is 2. The molecule has 0 aromatic carbocycles. The highest BCUT2D eigenvalue weighted by Gasteiger charge is 2.25. The predicted octanol–water partition coefficient (Wildman–Crippen LogP) is 9.26. The molecule has 5 nitrogen and oxygen atoms in total. The van der Waals surface area contributed by atoms with Crippen LogP contribution in [0.3, 0.4) is 0 Å². The summed E-state index contributed by atoms with van der Waals surface area (Å²) in [6.45, 7) is 7.67. The fourth-order valence-corrected chi connectivity index (χ4v) is 5.64.